The van der Waals surface area contributed by atoms with Gasteiger partial charge in [0.05, 0.1) is 18.7 Å². The summed E-state index contributed by atoms with van der Waals surface area (Å²) >= 11 is 0. The van der Waals surface area contributed by atoms with Crippen LogP contribution in [0.4, 0.5) is 0 Å². The highest BCUT2D eigenvalue weighted by atomic mass is 16.5. The second-order valence-electron chi connectivity index (χ2n) is 2.63. The number of rotatable bonds is 1. The maximum atomic E-state index is 5.50. The van der Waals surface area contributed by atoms with E-state index in [1.807, 2.05) is 6.92 Å². The zero-order valence-electron chi connectivity index (χ0n) is 7.74. The second kappa shape index (κ2) is 4.48. The molecular formula is C10H12N2O. The molecule has 1 aromatic rings. The van der Waals surface area contributed by atoms with Crippen LogP contribution in [0.3, 0.4) is 0 Å². The third-order valence-corrected chi connectivity index (χ3v) is 1.44. The zero-order chi connectivity index (χ0) is 9.68. The van der Waals surface area contributed by atoms with Gasteiger partial charge < -0.3 is 10.5 Å². The molecule has 0 saturated heterocycles. The lowest BCUT2D eigenvalue weighted by molar-refractivity contribution is 0.413. The van der Waals surface area contributed by atoms with Crippen LogP contribution in [0.25, 0.3) is 0 Å². The summed E-state index contributed by atoms with van der Waals surface area (Å²) in [7, 11) is 1.60. The summed E-state index contributed by atoms with van der Waals surface area (Å²) in [6.45, 7) is 1.83. The Morgan fingerprint density at radius 2 is 2.38 bits per heavy atom. The molecule has 3 nitrogen and oxygen atoms in total. The van der Waals surface area contributed by atoms with Crippen molar-refractivity contribution in [2.24, 2.45) is 5.73 Å². The van der Waals surface area contributed by atoms with E-state index in [-0.39, 0.29) is 6.04 Å². The third kappa shape index (κ3) is 2.77. The highest BCUT2D eigenvalue weighted by Crippen LogP contribution is 2.13. The molecule has 0 radical (unpaired) electrons. The summed E-state index contributed by atoms with van der Waals surface area (Å²) < 4.78 is 5.09. The Balaban J connectivity index is 2.95. The molecule has 0 aliphatic carbocycles. The molecular weight excluding hydrogens is 164 g/mol. The van der Waals surface area contributed by atoms with Gasteiger partial charge in [-0.3, -0.25) is 4.98 Å². The van der Waals surface area contributed by atoms with E-state index in [0.29, 0.717) is 0 Å². The van der Waals surface area contributed by atoms with E-state index in [1.54, 1.807) is 25.6 Å². The molecule has 1 unspecified atom stereocenters. The molecule has 1 aromatic heterocycles. The summed E-state index contributed by atoms with van der Waals surface area (Å²) in [6, 6.07) is 1.63. The molecule has 0 spiro atoms. The van der Waals surface area contributed by atoms with Crippen molar-refractivity contribution in [1.82, 2.24) is 4.98 Å². The molecule has 0 amide bonds. The molecule has 1 heterocycles. The van der Waals surface area contributed by atoms with Crippen LogP contribution in [0.1, 0.15) is 12.5 Å². The number of hydrogen-bond acceptors (Lipinski definition) is 3. The molecule has 0 fully saturated rings. The molecule has 0 bridgehead atoms. The van der Waals surface area contributed by atoms with Crippen LogP contribution in [0.15, 0.2) is 18.5 Å². The van der Waals surface area contributed by atoms with Gasteiger partial charge in [0, 0.05) is 12.4 Å². The van der Waals surface area contributed by atoms with E-state index in [0.717, 1.165) is 11.3 Å². The first-order valence-corrected chi connectivity index (χ1v) is 3.99. The topological polar surface area (TPSA) is 48.1 Å². The summed E-state index contributed by atoms with van der Waals surface area (Å²) in [6.07, 6.45) is 3.32. The van der Waals surface area contributed by atoms with Crippen molar-refractivity contribution >= 4 is 0 Å². The fraction of sp³-hybridized carbons (Fsp3) is 0.300. The second-order valence-corrected chi connectivity index (χ2v) is 2.63. The molecule has 0 aromatic carbocycles. The minimum atomic E-state index is -0.134. The predicted octanol–water partition coefficient (Wildman–Crippen LogP) is 0.789. The van der Waals surface area contributed by atoms with Gasteiger partial charge in [-0.05, 0) is 13.0 Å². The van der Waals surface area contributed by atoms with Crippen molar-refractivity contribution in [3.05, 3.63) is 24.0 Å². The van der Waals surface area contributed by atoms with Crippen molar-refractivity contribution in [3.8, 4) is 17.6 Å². The maximum absolute atomic E-state index is 5.50. The van der Waals surface area contributed by atoms with Crippen molar-refractivity contribution in [1.29, 1.82) is 0 Å². The lowest BCUT2D eigenvalue weighted by atomic mass is 10.2. The Kier molecular flexibility index (Phi) is 3.30. The summed E-state index contributed by atoms with van der Waals surface area (Å²) in [4.78, 5) is 3.95. The highest BCUT2D eigenvalue weighted by molar-refractivity contribution is 5.44. The first kappa shape index (κ1) is 9.56. The number of methoxy groups -OCH3 is 1. The Morgan fingerprint density at radius 3 is 3.00 bits per heavy atom. The summed E-state index contributed by atoms with van der Waals surface area (Å²) in [5, 5.41) is 0. The molecule has 1 atom stereocenters. The molecule has 13 heavy (non-hydrogen) atoms. The number of ether oxygens (including phenoxy) is 1. The number of hydrogen-bond donors (Lipinski definition) is 1. The van der Waals surface area contributed by atoms with Gasteiger partial charge in [-0.25, -0.2) is 0 Å². The van der Waals surface area contributed by atoms with Gasteiger partial charge in [0.1, 0.15) is 5.75 Å². The van der Waals surface area contributed by atoms with E-state index in [4.69, 9.17) is 10.5 Å². The first-order chi connectivity index (χ1) is 6.24. The van der Waals surface area contributed by atoms with Gasteiger partial charge >= 0.3 is 0 Å². The third-order valence-electron chi connectivity index (χ3n) is 1.44. The van der Waals surface area contributed by atoms with Crippen LogP contribution < -0.4 is 10.5 Å². The van der Waals surface area contributed by atoms with Crippen LogP contribution in [-0.4, -0.2) is 18.1 Å². The lowest BCUT2D eigenvalue weighted by Crippen LogP contribution is -2.10. The average molecular weight is 176 g/mol. The van der Waals surface area contributed by atoms with E-state index in [2.05, 4.69) is 16.8 Å². The molecule has 0 saturated carbocycles. The normalized spacial score (nSPS) is 11.3. The molecule has 0 aliphatic heterocycles. The smallest absolute Gasteiger partial charge is 0.137 e. The minimum Gasteiger partial charge on any atom is -0.495 e. The Morgan fingerprint density at radius 1 is 1.62 bits per heavy atom. The van der Waals surface area contributed by atoms with Crippen LogP contribution in [0, 0.1) is 11.8 Å². The van der Waals surface area contributed by atoms with Crippen molar-refractivity contribution in [2.45, 2.75) is 13.0 Å². The Labute approximate surface area is 77.9 Å². The monoisotopic (exact) mass is 176 g/mol. The number of nitrogens with zero attached hydrogens (tertiary/aromatic N) is 1. The zero-order valence-corrected chi connectivity index (χ0v) is 7.74. The Hall–Kier alpha value is -1.53. The Bertz CT molecular complexity index is 336. The van der Waals surface area contributed by atoms with Crippen LogP contribution in [-0.2, 0) is 0 Å². The SMILES string of the molecule is COc1ccncc1C#CC(C)N. The molecule has 68 valence electrons. The van der Waals surface area contributed by atoms with Crippen molar-refractivity contribution < 1.29 is 4.74 Å². The molecule has 0 aliphatic rings. The molecule has 1 rings (SSSR count). The minimum absolute atomic E-state index is 0.134. The van der Waals surface area contributed by atoms with Gasteiger partial charge in [-0.1, -0.05) is 11.8 Å². The van der Waals surface area contributed by atoms with Crippen molar-refractivity contribution in [3.63, 3.8) is 0 Å². The quantitative estimate of drug-likeness (QED) is 0.643. The van der Waals surface area contributed by atoms with E-state index in [1.165, 1.54) is 0 Å². The van der Waals surface area contributed by atoms with Crippen LogP contribution in [0.2, 0.25) is 0 Å². The van der Waals surface area contributed by atoms with Gasteiger partial charge in [-0.2, -0.15) is 0 Å². The predicted molar refractivity (Wildman–Crippen MR) is 51.3 cm³/mol. The van der Waals surface area contributed by atoms with Crippen LogP contribution in [0.5, 0.6) is 5.75 Å². The molecule has 3 heteroatoms. The number of pyridine rings is 1. The maximum Gasteiger partial charge on any atom is 0.137 e. The average Bonchev–Trinajstić information content (AvgIpc) is 2.15. The number of nitrogens with two attached hydrogens (primary N) is 1. The fourth-order valence-electron chi connectivity index (χ4n) is 0.845. The fourth-order valence-corrected chi connectivity index (χ4v) is 0.845. The van der Waals surface area contributed by atoms with E-state index >= 15 is 0 Å². The van der Waals surface area contributed by atoms with Gasteiger partial charge in [0.2, 0.25) is 0 Å². The summed E-state index contributed by atoms with van der Waals surface area (Å²) in [5.74, 6) is 6.47. The first-order valence-electron chi connectivity index (χ1n) is 3.99. The van der Waals surface area contributed by atoms with Crippen molar-refractivity contribution in [2.75, 3.05) is 7.11 Å². The van der Waals surface area contributed by atoms with Crippen LogP contribution >= 0.6 is 0 Å². The van der Waals surface area contributed by atoms with Gasteiger partial charge in [0.25, 0.3) is 0 Å². The van der Waals surface area contributed by atoms with Gasteiger partial charge in [-0.15, -0.1) is 0 Å². The highest BCUT2D eigenvalue weighted by Gasteiger charge is 1.97. The summed E-state index contributed by atoms with van der Waals surface area (Å²) in [5.41, 5.74) is 6.26. The lowest BCUT2D eigenvalue weighted by Gasteiger charge is -2.00. The largest absolute Gasteiger partial charge is 0.495 e. The van der Waals surface area contributed by atoms with Gasteiger partial charge in [0.15, 0.2) is 0 Å². The molecule has 2 N–H and O–H groups in total. The number of aromatic nitrogens is 1. The van der Waals surface area contributed by atoms with E-state index < -0.39 is 0 Å². The standard InChI is InChI=1S/C10H12N2O/c1-8(11)3-4-9-7-12-6-5-10(9)13-2/h5-8H,11H2,1-2H3. The van der Waals surface area contributed by atoms with E-state index in [9.17, 15) is 0 Å².